The monoisotopic (exact) mass is 510 g/mol. The average Bonchev–Trinajstić information content (AvgIpc) is 3.08. The minimum Gasteiger partial charge on any atom is -0.383 e. The van der Waals surface area contributed by atoms with E-state index < -0.39 is 0 Å². The van der Waals surface area contributed by atoms with Gasteiger partial charge >= 0.3 is 0 Å². The van der Waals surface area contributed by atoms with Crippen molar-refractivity contribution in [2.45, 2.75) is 12.5 Å². The summed E-state index contributed by atoms with van der Waals surface area (Å²) in [5, 5.41) is 7.23. The molecule has 1 amide bonds. The van der Waals surface area contributed by atoms with Crippen molar-refractivity contribution >= 4 is 53.3 Å². The van der Waals surface area contributed by atoms with Gasteiger partial charge in [-0.15, -0.1) is 24.0 Å². The molecule has 1 unspecified atom stereocenters. The van der Waals surface area contributed by atoms with Gasteiger partial charge in [0.05, 0.1) is 11.6 Å². The zero-order valence-corrected chi connectivity index (χ0v) is 19.0. The molecule has 0 aliphatic carbocycles. The van der Waals surface area contributed by atoms with Gasteiger partial charge in [-0.1, -0.05) is 11.6 Å². The summed E-state index contributed by atoms with van der Waals surface area (Å²) in [5.41, 5.74) is 0. The Morgan fingerprint density at radius 3 is 2.96 bits per heavy atom. The molecule has 152 valence electrons. The van der Waals surface area contributed by atoms with Crippen LogP contribution in [0.2, 0.25) is 5.02 Å². The van der Waals surface area contributed by atoms with E-state index in [9.17, 15) is 4.79 Å². The Balaban J connectivity index is 0.00000364. The number of pyridine rings is 1. The molecular weight excluding hydrogens is 483 g/mol. The lowest BCUT2D eigenvalue weighted by Gasteiger charge is -2.20. The van der Waals surface area contributed by atoms with Crippen molar-refractivity contribution in [2.75, 3.05) is 58.9 Å². The van der Waals surface area contributed by atoms with Gasteiger partial charge in [0.15, 0.2) is 5.96 Å². The molecule has 27 heavy (non-hydrogen) atoms. The summed E-state index contributed by atoms with van der Waals surface area (Å²) in [5.74, 6) is 1.36. The van der Waals surface area contributed by atoms with Gasteiger partial charge in [-0.25, -0.2) is 9.98 Å². The fourth-order valence-electron chi connectivity index (χ4n) is 2.59. The maximum Gasteiger partial charge on any atom is 0.243 e. The smallest absolute Gasteiger partial charge is 0.243 e. The van der Waals surface area contributed by atoms with Crippen LogP contribution in [0.4, 0.5) is 5.82 Å². The molecule has 1 atom stereocenters. The maximum atomic E-state index is 11.8. The van der Waals surface area contributed by atoms with E-state index in [0.717, 1.165) is 25.3 Å². The van der Waals surface area contributed by atoms with Gasteiger partial charge in [-0.05, 0) is 18.6 Å². The summed E-state index contributed by atoms with van der Waals surface area (Å²) in [6, 6.07) is 3.86. The number of nitrogens with zero attached hydrogens (tertiary/aromatic N) is 4. The second-order valence-electron chi connectivity index (χ2n) is 6.26. The highest BCUT2D eigenvalue weighted by atomic mass is 127. The third-order valence-electron chi connectivity index (χ3n) is 4.04. The Labute approximate surface area is 182 Å². The predicted octanol–water partition coefficient (Wildman–Crippen LogP) is 1.20. The number of carbonyl (C=O) groups excluding carboxylic acids is 1. The van der Waals surface area contributed by atoms with E-state index in [2.05, 4.69) is 25.5 Å². The van der Waals surface area contributed by atoms with Crippen LogP contribution in [0.15, 0.2) is 23.3 Å². The SMILES string of the molecule is COCCNC(=NCC(=O)N(C)C)NC1CCN(c2ncccc2Cl)C1.I. The van der Waals surface area contributed by atoms with Gasteiger partial charge in [0.1, 0.15) is 12.4 Å². The molecule has 2 rings (SSSR count). The van der Waals surface area contributed by atoms with Crippen LogP contribution in [0.5, 0.6) is 0 Å². The molecule has 1 fully saturated rings. The van der Waals surface area contributed by atoms with Crippen LogP contribution in [0.25, 0.3) is 0 Å². The van der Waals surface area contributed by atoms with Crippen molar-refractivity contribution in [1.82, 2.24) is 20.5 Å². The van der Waals surface area contributed by atoms with E-state index in [1.165, 1.54) is 4.90 Å². The Morgan fingerprint density at radius 1 is 1.52 bits per heavy atom. The number of nitrogens with one attached hydrogen (secondary N) is 2. The second-order valence-corrected chi connectivity index (χ2v) is 6.66. The highest BCUT2D eigenvalue weighted by Gasteiger charge is 2.25. The van der Waals surface area contributed by atoms with E-state index in [1.54, 1.807) is 27.4 Å². The van der Waals surface area contributed by atoms with E-state index in [0.29, 0.717) is 24.1 Å². The van der Waals surface area contributed by atoms with Gasteiger partial charge < -0.3 is 25.2 Å². The number of hydrogen-bond donors (Lipinski definition) is 2. The number of anilines is 1. The molecule has 2 N–H and O–H groups in total. The van der Waals surface area contributed by atoms with E-state index in [1.807, 2.05) is 12.1 Å². The van der Waals surface area contributed by atoms with E-state index in [4.69, 9.17) is 16.3 Å². The van der Waals surface area contributed by atoms with Crippen molar-refractivity contribution in [3.63, 3.8) is 0 Å². The minimum absolute atomic E-state index is 0. The van der Waals surface area contributed by atoms with Crippen LogP contribution in [0.3, 0.4) is 0 Å². The summed E-state index contributed by atoms with van der Waals surface area (Å²) in [6.45, 7) is 2.89. The number of methoxy groups -OCH3 is 1. The highest BCUT2D eigenvalue weighted by molar-refractivity contribution is 14.0. The number of carbonyl (C=O) groups is 1. The number of hydrogen-bond acceptors (Lipinski definition) is 5. The molecule has 1 aliphatic rings. The van der Waals surface area contributed by atoms with Crippen molar-refractivity contribution in [1.29, 1.82) is 0 Å². The van der Waals surface area contributed by atoms with Crippen molar-refractivity contribution in [2.24, 2.45) is 4.99 Å². The summed E-state index contributed by atoms with van der Waals surface area (Å²) in [7, 11) is 5.08. The summed E-state index contributed by atoms with van der Waals surface area (Å²) >= 11 is 6.24. The van der Waals surface area contributed by atoms with Crippen LogP contribution in [0, 0.1) is 0 Å². The molecule has 2 heterocycles. The first-order valence-electron chi connectivity index (χ1n) is 8.60. The normalized spacial score (nSPS) is 16.7. The molecular formula is C17H28ClIN6O2. The summed E-state index contributed by atoms with van der Waals surface area (Å²) < 4.78 is 5.06. The molecule has 1 aromatic heterocycles. The van der Waals surface area contributed by atoms with Crippen LogP contribution in [0.1, 0.15) is 6.42 Å². The summed E-state index contributed by atoms with van der Waals surface area (Å²) in [6.07, 6.45) is 2.67. The van der Waals surface area contributed by atoms with Crippen LogP contribution >= 0.6 is 35.6 Å². The number of aliphatic imine (C=N–C) groups is 1. The topological polar surface area (TPSA) is 82.1 Å². The molecule has 0 saturated carbocycles. The second kappa shape index (κ2) is 12.2. The van der Waals surface area contributed by atoms with Crippen molar-refractivity contribution in [3.8, 4) is 0 Å². The molecule has 10 heteroatoms. The first kappa shape index (κ1) is 23.7. The molecule has 1 aromatic rings. The summed E-state index contributed by atoms with van der Waals surface area (Å²) in [4.78, 5) is 24.2. The lowest BCUT2D eigenvalue weighted by molar-refractivity contribution is -0.127. The molecule has 0 bridgehead atoms. The third-order valence-corrected chi connectivity index (χ3v) is 4.33. The predicted molar refractivity (Wildman–Crippen MR) is 119 cm³/mol. The third kappa shape index (κ3) is 7.67. The largest absolute Gasteiger partial charge is 0.383 e. The highest BCUT2D eigenvalue weighted by Crippen LogP contribution is 2.25. The maximum absolute atomic E-state index is 11.8. The number of amides is 1. The Kier molecular flexibility index (Phi) is 10.7. The van der Waals surface area contributed by atoms with Crippen LogP contribution in [-0.4, -0.2) is 81.8 Å². The fourth-order valence-corrected chi connectivity index (χ4v) is 2.83. The Hall–Kier alpha value is -1.33. The fraction of sp³-hybridized carbons (Fsp3) is 0.588. The van der Waals surface area contributed by atoms with Crippen LogP contribution in [-0.2, 0) is 9.53 Å². The average molecular weight is 511 g/mol. The number of rotatable bonds is 7. The standard InChI is InChI=1S/C17H27ClN6O2.HI/c1-23(2)15(25)11-21-17(20-8-10-26-3)22-13-6-9-24(12-13)16-14(18)5-4-7-19-16;/h4-5,7,13H,6,8-12H2,1-3H3,(H2,20,21,22);1H. The zero-order valence-electron chi connectivity index (χ0n) is 15.9. The Bertz CT molecular complexity index is 631. The minimum atomic E-state index is -0.0499. The molecule has 0 radical (unpaired) electrons. The molecule has 1 aliphatic heterocycles. The lowest BCUT2D eigenvalue weighted by Crippen LogP contribution is -2.46. The molecule has 0 aromatic carbocycles. The zero-order chi connectivity index (χ0) is 18.9. The van der Waals surface area contributed by atoms with Crippen molar-refractivity contribution < 1.29 is 9.53 Å². The number of guanidine groups is 1. The van der Waals surface area contributed by atoms with E-state index >= 15 is 0 Å². The number of likely N-dealkylation sites (N-methyl/N-ethyl adjacent to an activating group) is 1. The van der Waals surface area contributed by atoms with Gasteiger partial charge in [0, 0.05) is 53.1 Å². The van der Waals surface area contributed by atoms with Gasteiger partial charge in [-0.2, -0.15) is 0 Å². The number of ether oxygens (including phenoxy) is 1. The number of aromatic nitrogens is 1. The quantitative estimate of drug-likeness (QED) is 0.248. The van der Waals surface area contributed by atoms with Gasteiger partial charge in [-0.3, -0.25) is 4.79 Å². The number of halogens is 2. The van der Waals surface area contributed by atoms with Crippen molar-refractivity contribution in [3.05, 3.63) is 23.4 Å². The molecule has 1 saturated heterocycles. The molecule has 0 spiro atoms. The molecule has 8 nitrogen and oxygen atoms in total. The van der Waals surface area contributed by atoms with Crippen LogP contribution < -0.4 is 15.5 Å². The van der Waals surface area contributed by atoms with E-state index in [-0.39, 0.29) is 42.5 Å². The lowest BCUT2D eigenvalue weighted by atomic mass is 10.3. The Morgan fingerprint density at radius 2 is 2.30 bits per heavy atom. The first-order valence-corrected chi connectivity index (χ1v) is 8.98. The van der Waals surface area contributed by atoms with Gasteiger partial charge in [0.25, 0.3) is 0 Å². The first-order chi connectivity index (χ1) is 12.5. The van der Waals surface area contributed by atoms with Gasteiger partial charge in [0.2, 0.25) is 5.91 Å².